The van der Waals surface area contributed by atoms with E-state index in [1.54, 1.807) is 42.5 Å². The summed E-state index contributed by atoms with van der Waals surface area (Å²) in [5.74, 6) is -0.581. The Morgan fingerprint density at radius 2 is 1.62 bits per heavy atom. The van der Waals surface area contributed by atoms with Gasteiger partial charge in [0.25, 0.3) is 11.8 Å². The van der Waals surface area contributed by atoms with Crippen LogP contribution in [0.15, 0.2) is 42.5 Å². The lowest BCUT2D eigenvalue weighted by Gasteiger charge is -2.22. The minimum Gasteiger partial charge on any atom is -0.493 e. The number of rotatable bonds is 7. The standard InChI is InChI=1S/C21H22N2O6/c1-12(23-20(26)14-6-4-5-7-15(14)21(23)27)19(25)22-11-16(24)13-8-9-17(28-2)18(10-13)29-3/h4-10,12,16,24H,11H2,1-3H3,(H,22,25). The van der Waals surface area contributed by atoms with Crippen molar-refractivity contribution in [3.8, 4) is 11.5 Å². The molecule has 0 saturated carbocycles. The first kappa shape index (κ1) is 20.3. The number of benzene rings is 2. The van der Waals surface area contributed by atoms with E-state index in [0.29, 0.717) is 17.1 Å². The number of aliphatic hydroxyl groups excluding tert-OH is 1. The molecule has 2 unspecified atom stereocenters. The van der Waals surface area contributed by atoms with Crippen molar-refractivity contribution in [3.63, 3.8) is 0 Å². The van der Waals surface area contributed by atoms with E-state index < -0.39 is 29.9 Å². The number of amides is 3. The third-order valence-corrected chi connectivity index (χ3v) is 4.85. The zero-order valence-electron chi connectivity index (χ0n) is 16.3. The average Bonchev–Trinajstić information content (AvgIpc) is 3.01. The second-order valence-electron chi connectivity index (χ2n) is 6.58. The van der Waals surface area contributed by atoms with Crippen molar-refractivity contribution in [2.75, 3.05) is 20.8 Å². The summed E-state index contributed by atoms with van der Waals surface area (Å²) in [6.07, 6.45) is -1.01. The first-order valence-corrected chi connectivity index (χ1v) is 9.03. The normalized spacial score (nSPS) is 15.0. The molecule has 0 aromatic heterocycles. The van der Waals surface area contributed by atoms with Gasteiger partial charge in [0.1, 0.15) is 6.04 Å². The number of carbonyl (C=O) groups excluding carboxylic acids is 3. The zero-order chi connectivity index (χ0) is 21.1. The third kappa shape index (κ3) is 3.79. The van der Waals surface area contributed by atoms with E-state index in [2.05, 4.69) is 5.32 Å². The van der Waals surface area contributed by atoms with E-state index in [1.807, 2.05) is 0 Å². The fourth-order valence-electron chi connectivity index (χ4n) is 3.20. The predicted octanol–water partition coefficient (Wildman–Crippen LogP) is 1.54. The number of hydrogen-bond donors (Lipinski definition) is 2. The third-order valence-electron chi connectivity index (χ3n) is 4.85. The molecule has 0 aliphatic carbocycles. The molecular weight excluding hydrogens is 376 g/mol. The van der Waals surface area contributed by atoms with E-state index >= 15 is 0 Å². The highest BCUT2D eigenvalue weighted by Crippen LogP contribution is 2.30. The molecule has 0 saturated heterocycles. The van der Waals surface area contributed by atoms with Crippen molar-refractivity contribution in [3.05, 3.63) is 59.2 Å². The van der Waals surface area contributed by atoms with E-state index in [4.69, 9.17) is 9.47 Å². The van der Waals surface area contributed by atoms with Crippen LogP contribution in [0, 0.1) is 0 Å². The summed E-state index contributed by atoms with van der Waals surface area (Å²) in [6.45, 7) is 1.38. The average molecular weight is 398 g/mol. The SMILES string of the molecule is COc1ccc(C(O)CNC(=O)C(C)N2C(=O)c3ccccc3C2=O)cc1OC. The number of imide groups is 1. The van der Waals surface area contributed by atoms with Gasteiger partial charge in [-0.15, -0.1) is 0 Å². The highest BCUT2D eigenvalue weighted by molar-refractivity contribution is 6.22. The Balaban J connectivity index is 1.65. The van der Waals surface area contributed by atoms with Crippen molar-refractivity contribution >= 4 is 17.7 Å². The molecule has 8 heteroatoms. The topological polar surface area (TPSA) is 105 Å². The molecule has 29 heavy (non-hydrogen) atoms. The molecule has 3 amide bonds. The Bertz CT molecular complexity index is 923. The monoisotopic (exact) mass is 398 g/mol. The van der Waals surface area contributed by atoms with Gasteiger partial charge in [0.15, 0.2) is 11.5 Å². The Morgan fingerprint density at radius 3 is 2.17 bits per heavy atom. The molecule has 2 N–H and O–H groups in total. The number of methoxy groups -OCH3 is 2. The van der Waals surface area contributed by atoms with Gasteiger partial charge in [0, 0.05) is 6.54 Å². The van der Waals surface area contributed by atoms with E-state index in [0.717, 1.165) is 4.90 Å². The number of ether oxygens (including phenoxy) is 2. The maximum Gasteiger partial charge on any atom is 0.262 e. The number of aliphatic hydroxyl groups is 1. The lowest BCUT2D eigenvalue weighted by atomic mass is 10.1. The molecular formula is C21H22N2O6. The van der Waals surface area contributed by atoms with Crippen molar-refractivity contribution in [1.29, 1.82) is 0 Å². The molecule has 2 aromatic rings. The molecule has 152 valence electrons. The Labute approximate surface area is 168 Å². The van der Waals surface area contributed by atoms with Crippen LogP contribution in [0.5, 0.6) is 11.5 Å². The molecule has 1 aliphatic rings. The molecule has 3 rings (SSSR count). The summed E-state index contributed by atoms with van der Waals surface area (Å²) < 4.78 is 10.4. The summed E-state index contributed by atoms with van der Waals surface area (Å²) >= 11 is 0. The summed E-state index contributed by atoms with van der Waals surface area (Å²) in [4.78, 5) is 38.4. The van der Waals surface area contributed by atoms with Gasteiger partial charge in [0.2, 0.25) is 5.91 Å². The lowest BCUT2D eigenvalue weighted by Crippen LogP contribution is -2.48. The Hall–Kier alpha value is -3.39. The Morgan fingerprint density at radius 1 is 1.03 bits per heavy atom. The smallest absolute Gasteiger partial charge is 0.262 e. The van der Waals surface area contributed by atoms with Crippen molar-refractivity contribution in [1.82, 2.24) is 10.2 Å². The van der Waals surface area contributed by atoms with Gasteiger partial charge in [0.05, 0.1) is 31.5 Å². The van der Waals surface area contributed by atoms with Crippen LogP contribution >= 0.6 is 0 Å². The molecule has 2 atom stereocenters. The minimum atomic E-state index is -1.01. The van der Waals surface area contributed by atoms with Crippen molar-refractivity contribution in [2.45, 2.75) is 19.1 Å². The number of fused-ring (bicyclic) bond motifs is 1. The molecule has 0 bridgehead atoms. The molecule has 1 heterocycles. The van der Waals surface area contributed by atoms with E-state index in [-0.39, 0.29) is 17.7 Å². The summed E-state index contributed by atoms with van der Waals surface area (Å²) in [5.41, 5.74) is 1.08. The van der Waals surface area contributed by atoms with E-state index in [9.17, 15) is 19.5 Å². The van der Waals surface area contributed by atoms with Crippen LogP contribution < -0.4 is 14.8 Å². The second-order valence-corrected chi connectivity index (χ2v) is 6.58. The Kier molecular flexibility index (Phi) is 5.84. The number of nitrogens with one attached hydrogen (secondary N) is 1. The van der Waals surface area contributed by atoms with Crippen LogP contribution in [0.25, 0.3) is 0 Å². The molecule has 0 fully saturated rings. The number of hydrogen-bond acceptors (Lipinski definition) is 6. The second kappa shape index (κ2) is 8.32. The number of carbonyl (C=O) groups is 3. The van der Waals surface area contributed by atoms with Crippen LogP contribution in [0.2, 0.25) is 0 Å². The maximum absolute atomic E-state index is 12.5. The minimum absolute atomic E-state index is 0.0954. The highest BCUT2D eigenvalue weighted by Gasteiger charge is 2.40. The molecule has 8 nitrogen and oxygen atoms in total. The van der Waals surface area contributed by atoms with Gasteiger partial charge in [-0.2, -0.15) is 0 Å². The fraction of sp³-hybridized carbons (Fsp3) is 0.286. The summed E-state index contributed by atoms with van der Waals surface area (Å²) in [5, 5.41) is 13.0. The first-order chi connectivity index (χ1) is 13.9. The molecule has 2 aromatic carbocycles. The fourth-order valence-corrected chi connectivity index (χ4v) is 3.20. The van der Waals surface area contributed by atoms with Crippen molar-refractivity contribution in [2.24, 2.45) is 0 Å². The van der Waals surface area contributed by atoms with E-state index in [1.165, 1.54) is 21.1 Å². The van der Waals surface area contributed by atoms with Crippen LogP contribution in [0.3, 0.4) is 0 Å². The van der Waals surface area contributed by atoms with Gasteiger partial charge in [-0.25, -0.2) is 0 Å². The van der Waals surface area contributed by atoms with Crippen LogP contribution in [0.1, 0.15) is 39.3 Å². The zero-order valence-corrected chi connectivity index (χ0v) is 16.3. The van der Waals surface area contributed by atoms with Gasteiger partial charge < -0.3 is 19.9 Å². The predicted molar refractivity (Wildman–Crippen MR) is 104 cm³/mol. The summed E-state index contributed by atoms with van der Waals surface area (Å²) in [6, 6.07) is 10.4. The van der Waals surface area contributed by atoms with Gasteiger partial charge in [-0.05, 0) is 36.8 Å². The van der Waals surface area contributed by atoms with Gasteiger partial charge in [-0.1, -0.05) is 18.2 Å². The first-order valence-electron chi connectivity index (χ1n) is 9.03. The highest BCUT2D eigenvalue weighted by atomic mass is 16.5. The van der Waals surface area contributed by atoms with Crippen molar-refractivity contribution < 1.29 is 29.0 Å². The van der Waals surface area contributed by atoms with Gasteiger partial charge >= 0.3 is 0 Å². The molecule has 1 aliphatic heterocycles. The van der Waals surface area contributed by atoms with Crippen LogP contribution in [-0.2, 0) is 4.79 Å². The quantitative estimate of drug-likeness (QED) is 0.686. The van der Waals surface area contributed by atoms with Gasteiger partial charge in [-0.3, -0.25) is 19.3 Å². The number of nitrogens with zero attached hydrogens (tertiary/aromatic N) is 1. The van der Waals surface area contributed by atoms with Crippen LogP contribution in [-0.4, -0.2) is 54.5 Å². The maximum atomic E-state index is 12.5. The van der Waals surface area contributed by atoms with Crippen LogP contribution in [0.4, 0.5) is 0 Å². The lowest BCUT2D eigenvalue weighted by molar-refractivity contribution is -0.125. The molecule has 0 radical (unpaired) electrons. The summed E-state index contributed by atoms with van der Waals surface area (Å²) in [7, 11) is 2.99. The largest absolute Gasteiger partial charge is 0.493 e. The molecule has 0 spiro atoms.